The number of ether oxygens (including phenoxy) is 1. The van der Waals surface area contributed by atoms with Gasteiger partial charge in [0.25, 0.3) is 0 Å². The third-order valence-electron chi connectivity index (χ3n) is 7.88. The quantitative estimate of drug-likeness (QED) is 0.196. The first-order valence-electron chi connectivity index (χ1n) is 13.7. The van der Waals surface area contributed by atoms with Crippen molar-refractivity contribution in [2.75, 3.05) is 20.7 Å². The standard InChI is InChI=1S/C35H32BrN3O2/c1-38-19-21-39(22-20-38)18-17-35(40,31-14-8-12-25-9-6-7-13-29(25)31)33(26-10-4-3-5-11-26)30-24-27-23-28(36)15-16-32(27)37-34(30)41-2/h3-16,19-24,33,40H,17-18H2,1-2H3. The van der Waals surface area contributed by atoms with Crippen LogP contribution in [0.1, 0.15) is 29.0 Å². The Bertz CT molecular complexity index is 1730. The van der Waals surface area contributed by atoms with Crippen LogP contribution in [0.2, 0.25) is 0 Å². The number of fused-ring (bicyclic) bond motifs is 2. The number of benzene rings is 4. The number of nitrogens with zero attached hydrogens (tertiary/aromatic N) is 3. The summed E-state index contributed by atoms with van der Waals surface area (Å²) in [5.41, 5.74) is 2.22. The summed E-state index contributed by atoms with van der Waals surface area (Å²) < 4.78 is 6.91. The molecular formula is C35H32BrN3O2. The minimum absolute atomic E-state index is 0.457. The molecule has 0 radical (unpaired) electrons. The second kappa shape index (κ2) is 11.4. The van der Waals surface area contributed by atoms with Gasteiger partial charge in [-0.05, 0) is 52.6 Å². The molecule has 1 aliphatic rings. The first-order chi connectivity index (χ1) is 20.0. The number of aliphatic hydroxyl groups is 1. The topological polar surface area (TPSA) is 48.8 Å². The van der Waals surface area contributed by atoms with Crippen LogP contribution in [0.25, 0.3) is 21.7 Å². The molecule has 0 spiro atoms. The molecular weight excluding hydrogens is 574 g/mol. The Balaban J connectivity index is 1.60. The second-order valence-electron chi connectivity index (χ2n) is 10.5. The van der Waals surface area contributed by atoms with E-state index < -0.39 is 11.5 Å². The molecule has 1 aliphatic heterocycles. The summed E-state index contributed by atoms with van der Waals surface area (Å²) in [6, 6.07) is 32.8. The van der Waals surface area contributed by atoms with E-state index in [9.17, 15) is 5.11 Å². The van der Waals surface area contributed by atoms with Gasteiger partial charge in [-0.2, -0.15) is 0 Å². The normalized spacial score (nSPS) is 15.3. The predicted octanol–water partition coefficient (Wildman–Crippen LogP) is 7.76. The summed E-state index contributed by atoms with van der Waals surface area (Å²) in [5.74, 6) is 0.0347. The number of pyridine rings is 1. The van der Waals surface area contributed by atoms with Crippen LogP contribution in [0.4, 0.5) is 0 Å². The SMILES string of the molecule is COc1nc2ccc(Br)cc2cc1C(c1ccccc1)C(O)(CCN1C=CN(C)C=C1)c1cccc2ccccc12. The molecule has 5 aromatic rings. The molecule has 1 N–H and O–H groups in total. The van der Waals surface area contributed by atoms with E-state index in [2.05, 4.69) is 69.4 Å². The maximum absolute atomic E-state index is 13.3. The third kappa shape index (κ3) is 5.33. The minimum atomic E-state index is -1.32. The van der Waals surface area contributed by atoms with Crippen molar-refractivity contribution in [1.82, 2.24) is 14.8 Å². The van der Waals surface area contributed by atoms with Crippen molar-refractivity contribution in [2.45, 2.75) is 17.9 Å². The lowest BCUT2D eigenvalue weighted by molar-refractivity contribution is 0.00710. The molecule has 1 aromatic heterocycles. The Hall–Kier alpha value is -4.13. The van der Waals surface area contributed by atoms with Gasteiger partial charge in [-0.15, -0.1) is 0 Å². The summed E-state index contributed by atoms with van der Waals surface area (Å²) in [7, 11) is 3.65. The van der Waals surface area contributed by atoms with Gasteiger partial charge in [0.1, 0.15) is 5.60 Å². The lowest BCUT2D eigenvalue weighted by Crippen LogP contribution is -2.38. The number of hydrogen-bond acceptors (Lipinski definition) is 5. The maximum Gasteiger partial charge on any atom is 0.217 e. The Morgan fingerprint density at radius 2 is 1.59 bits per heavy atom. The van der Waals surface area contributed by atoms with Gasteiger partial charge in [0.05, 0.1) is 12.6 Å². The molecule has 6 rings (SSSR count). The van der Waals surface area contributed by atoms with Gasteiger partial charge in [-0.25, -0.2) is 4.98 Å². The highest BCUT2D eigenvalue weighted by molar-refractivity contribution is 9.10. The van der Waals surface area contributed by atoms with Crippen LogP contribution < -0.4 is 4.74 Å². The summed E-state index contributed by atoms with van der Waals surface area (Å²) in [6.45, 7) is 0.610. The van der Waals surface area contributed by atoms with Crippen LogP contribution in [-0.2, 0) is 5.60 Å². The molecule has 206 valence electrons. The fourth-order valence-corrected chi connectivity index (χ4v) is 6.22. The molecule has 0 bridgehead atoms. The molecule has 0 saturated heterocycles. The van der Waals surface area contributed by atoms with Crippen molar-refractivity contribution < 1.29 is 9.84 Å². The van der Waals surface area contributed by atoms with Crippen LogP contribution in [-0.4, -0.2) is 40.6 Å². The molecule has 0 aliphatic carbocycles. The minimum Gasteiger partial charge on any atom is -0.481 e. The molecule has 0 saturated carbocycles. The lowest BCUT2D eigenvalue weighted by Gasteiger charge is -2.40. The fourth-order valence-electron chi connectivity index (χ4n) is 5.84. The molecule has 2 heterocycles. The Labute approximate surface area is 249 Å². The maximum atomic E-state index is 13.3. The molecule has 5 nitrogen and oxygen atoms in total. The molecule has 0 amide bonds. The van der Waals surface area contributed by atoms with Crippen LogP contribution in [0, 0.1) is 0 Å². The fraction of sp³-hybridized carbons (Fsp3) is 0.171. The number of methoxy groups -OCH3 is 1. The van der Waals surface area contributed by atoms with E-state index in [4.69, 9.17) is 9.72 Å². The lowest BCUT2D eigenvalue weighted by atomic mass is 9.70. The molecule has 41 heavy (non-hydrogen) atoms. The highest BCUT2D eigenvalue weighted by Gasteiger charge is 2.43. The molecule has 2 unspecified atom stereocenters. The average molecular weight is 607 g/mol. The summed E-state index contributed by atoms with van der Waals surface area (Å²) in [4.78, 5) is 9.04. The van der Waals surface area contributed by atoms with Crippen LogP contribution in [0.3, 0.4) is 0 Å². The zero-order valence-corrected chi connectivity index (χ0v) is 24.7. The zero-order chi connectivity index (χ0) is 28.4. The van der Waals surface area contributed by atoms with Crippen molar-refractivity contribution in [3.63, 3.8) is 0 Å². The van der Waals surface area contributed by atoms with E-state index in [1.165, 1.54) is 0 Å². The van der Waals surface area contributed by atoms with Gasteiger partial charge in [0, 0.05) is 59.7 Å². The Morgan fingerprint density at radius 3 is 2.37 bits per heavy atom. The summed E-state index contributed by atoms with van der Waals surface area (Å²) in [6.07, 6.45) is 8.56. The van der Waals surface area contributed by atoms with E-state index in [1.807, 2.05) is 85.3 Å². The first-order valence-corrected chi connectivity index (χ1v) is 14.5. The predicted molar refractivity (Wildman–Crippen MR) is 169 cm³/mol. The van der Waals surface area contributed by atoms with Gasteiger partial charge < -0.3 is 19.6 Å². The molecule has 6 heteroatoms. The van der Waals surface area contributed by atoms with Gasteiger partial charge in [-0.1, -0.05) is 88.7 Å². The summed E-state index contributed by atoms with van der Waals surface area (Å²) >= 11 is 3.62. The first kappa shape index (κ1) is 27.1. The monoisotopic (exact) mass is 605 g/mol. The van der Waals surface area contributed by atoms with Gasteiger partial charge >= 0.3 is 0 Å². The van der Waals surface area contributed by atoms with Crippen molar-refractivity contribution in [3.8, 4) is 5.88 Å². The number of hydrogen-bond donors (Lipinski definition) is 1. The molecule has 4 aromatic carbocycles. The van der Waals surface area contributed by atoms with Crippen molar-refractivity contribution in [1.29, 1.82) is 0 Å². The number of halogens is 1. The highest BCUT2D eigenvalue weighted by atomic mass is 79.9. The van der Waals surface area contributed by atoms with E-state index in [-0.39, 0.29) is 0 Å². The van der Waals surface area contributed by atoms with Crippen LogP contribution in [0.5, 0.6) is 5.88 Å². The average Bonchev–Trinajstić information content (AvgIpc) is 3.01. The van der Waals surface area contributed by atoms with Crippen molar-refractivity contribution in [3.05, 3.63) is 143 Å². The van der Waals surface area contributed by atoms with Gasteiger partial charge in [0.2, 0.25) is 5.88 Å². The Kier molecular flexibility index (Phi) is 7.52. The summed E-state index contributed by atoms with van der Waals surface area (Å²) in [5, 5.41) is 16.4. The van der Waals surface area contributed by atoms with E-state index in [0.717, 1.165) is 42.8 Å². The van der Waals surface area contributed by atoms with E-state index >= 15 is 0 Å². The Morgan fingerprint density at radius 1 is 0.854 bits per heavy atom. The number of rotatable bonds is 8. The molecule has 2 atom stereocenters. The zero-order valence-electron chi connectivity index (χ0n) is 23.1. The largest absolute Gasteiger partial charge is 0.481 e. The van der Waals surface area contributed by atoms with Crippen molar-refractivity contribution >= 4 is 37.6 Å². The van der Waals surface area contributed by atoms with Gasteiger partial charge in [0.15, 0.2) is 0 Å². The smallest absolute Gasteiger partial charge is 0.217 e. The third-order valence-corrected chi connectivity index (χ3v) is 8.37. The number of aromatic nitrogens is 1. The van der Waals surface area contributed by atoms with Crippen LogP contribution >= 0.6 is 15.9 Å². The van der Waals surface area contributed by atoms with Gasteiger partial charge in [-0.3, -0.25) is 0 Å². The van der Waals surface area contributed by atoms with Crippen LogP contribution in [0.15, 0.2) is 126 Å². The van der Waals surface area contributed by atoms with E-state index in [0.29, 0.717) is 18.8 Å². The molecule has 0 fully saturated rings. The second-order valence-corrected chi connectivity index (χ2v) is 11.4. The van der Waals surface area contributed by atoms with Crippen molar-refractivity contribution in [2.24, 2.45) is 0 Å². The van der Waals surface area contributed by atoms with E-state index in [1.54, 1.807) is 7.11 Å². The highest BCUT2D eigenvalue weighted by Crippen LogP contribution is 2.49.